The molecule has 0 aliphatic carbocycles. The van der Waals surface area contributed by atoms with E-state index in [1.165, 1.54) is 72.8 Å². The lowest BCUT2D eigenvalue weighted by Gasteiger charge is -2.52. The molecule has 57 atom stereocenters. The van der Waals surface area contributed by atoms with Gasteiger partial charge >= 0.3 is 5.97 Å². The SMILES string of the molecule is CC1C=CC=CC(O)C(C)C(O)CC(O)CC(OC2OC(CO)C(O)C(O)C2O)C(C)C2CC(O)C(O)C(O)(CC(OC3OC(C)C(OC4OC(C)C(O)C(OC5CC(N)C(O)C(C)O5)C4O)C(OC4CC(N)C(O)C(C)O4)C3OC3OC(C)C(N)C(O)C3O)C(C)CCC(O)CC(O)CC=CC(O)C(C)C(=O)OC1CC(O)CCCCC(C)C(O)C(C)CCC(O)C(C)C(C)OC1CC(C)(N)C(O)C(C)O1)O2. The topological polar surface area (TPSA) is 734 Å². The minimum atomic E-state index is -2.97. The summed E-state index contributed by atoms with van der Waals surface area (Å²) in [5.74, 6) is -9.61. The molecule has 0 amide bonds. The van der Waals surface area contributed by atoms with Gasteiger partial charge in [-0.15, -0.1) is 0 Å². The summed E-state index contributed by atoms with van der Waals surface area (Å²) in [6.07, 6.45) is -54.2. The highest BCUT2D eigenvalue weighted by Crippen LogP contribution is 2.45. The monoisotopic (exact) mass is 2060 g/mol. The summed E-state index contributed by atoms with van der Waals surface area (Å²) >= 11 is 0. The first-order valence-corrected chi connectivity index (χ1v) is 51.7. The molecule has 57 unspecified atom stereocenters. The van der Waals surface area contributed by atoms with Crippen molar-refractivity contribution in [2.75, 3.05) is 6.61 Å². The van der Waals surface area contributed by atoms with Crippen LogP contribution in [0.4, 0.5) is 0 Å². The van der Waals surface area contributed by atoms with E-state index in [-0.39, 0.29) is 75.5 Å². The Bertz CT molecular complexity index is 3770. The van der Waals surface area contributed by atoms with E-state index in [1.807, 2.05) is 27.7 Å². The molecule has 834 valence electrons. The fourth-order valence-corrected chi connectivity index (χ4v) is 20.6. The minimum absolute atomic E-state index is 0.0661. The number of hydrogen-bond donors (Lipinski definition) is 27. The van der Waals surface area contributed by atoms with Crippen LogP contribution in [-0.4, -0.2) is 429 Å². The van der Waals surface area contributed by atoms with Crippen LogP contribution in [0.25, 0.3) is 0 Å². The maximum Gasteiger partial charge on any atom is 0.311 e. The van der Waals surface area contributed by atoms with Crippen LogP contribution < -0.4 is 22.9 Å². The first kappa shape index (κ1) is 124. The van der Waals surface area contributed by atoms with Crippen molar-refractivity contribution in [2.24, 2.45) is 70.3 Å². The predicted octanol–water partition coefficient (Wildman–Crippen LogP) is -3.04. The van der Waals surface area contributed by atoms with Crippen LogP contribution in [0.2, 0.25) is 0 Å². The average Bonchev–Trinajstić information content (AvgIpc) is 0.764. The zero-order valence-electron chi connectivity index (χ0n) is 85.7. The van der Waals surface area contributed by atoms with Gasteiger partial charge in [0.2, 0.25) is 0 Å². The van der Waals surface area contributed by atoms with Gasteiger partial charge in [-0.25, -0.2) is 0 Å². The number of hydrogen-bond acceptors (Lipinski definition) is 44. The van der Waals surface area contributed by atoms with Crippen molar-refractivity contribution in [1.29, 1.82) is 0 Å². The highest BCUT2D eigenvalue weighted by Gasteiger charge is 2.60. The molecule has 0 spiro atoms. The van der Waals surface area contributed by atoms with E-state index in [0.717, 1.165) is 0 Å². The minimum Gasteiger partial charge on any atom is -0.461 e. The number of unbranched alkanes of at least 4 members (excludes halogenated alkanes) is 1. The molecule has 9 heterocycles. The van der Waals surface area contributed by atoms with E-state index in [1.54, 1.807) is 46.8 Å². The first-order valence-electron chi connectivity index (χ1n) is 51.7. The predicted molar refractivity (Wildman–Crippen MR) is 508 cm³/mol. The fraction of sp³-hybridized carbons (Fsp3) is 0.929. The standard InChI is InChI=1S/C99H178N4O40/c1-42-22-18-20-26-63(109)47(6)66(112)33-60(108)35-69(136-95-85(122)83(120)81(118)72(41-104)138-95)49(8)70-38-67(113)92(125)99(127,143-70)39-71(43(2)28-30-59(107)32-57(105)25-21-27-64(110)48(7)93(126)135-68(42)34-58(106)24-19-17-23-44(3)77(114)45(4)29-31-65(111)46(5)50(9)128-75-40-98(16,103)91(124)56(15)131-75)137-97-90(142-94-84(121)82(119)76(102)51(10)132-94)89(140-74-37-62(101)79(116)53(12)130-74)87(55(14)134-97)141-96-86(123)88(80(117)54(13)133-96)139-73-36-61(100)78(115)52(11)129-73/h18,20-22,26-27,42-92,94-97,104-125,127H,17,19,23-25,28-41,100-103H2,1-16H3. The van der Waals surface area contributed by atoms with Crippen molar-refractivity contribution in [2.45, 2.75) is 526 Å². The summed E-state index contributed by atoms with van der Waals surface area (Å²) < 4.78 is 102. The third-order valence-electron chi connectivity index (χ3n) is 31.4. The second-order valence-electron chi connectivity index (χ2n) is 43.3. The number of rotatable bonds is 29. The number of aliphatic hydroxyl groups is 23. The molecule has 0 aromatic heterocycles. The van der Waals surface area contributed by atoms with Gasteiger partial charge < -0.3 is 216 Å². The van der Waals surface area contributed by atoms with Gasteiger partial charge in [0.1, 0.15) is 85.5 Å². The Labute approximate surface area is 839 Å². The molecule has 9 aliphatic rings. The number of cyclic esters (lactones) is 1. The largest absolute Gasteiger partial charge is 0.461 e. The Hall–Kier alpha value is -2.99. The quantitative estimate of drug-likeness (QED) is 0.0201. The lowest BCUT2D eigenvalue weighted by molar-refractivity contribution is -0.405. The number of ether oxygens (including phenoxy) is 16. The fourth-order valence-electron chi connectivity index (χ4n) is 20.6. The van der Waals surface area contributed by atoms with E-state index in [4.69, 9.17) is 98.7 Å². The van der Waals surface area contributed by atoms with Crippen LogP contribution in [0, 0.1) is 47.3 Å². The zero-order valence-corrected chi connectivity index (χ0v) is 85.7. The molecule has 2 bridgehead atoms. The van der Waals surface area contributed by atoms with Gasteiger partial charge in [-0.3, -0.25) is 4.79 Å². The van der Waals surface area contributed by atoms with Gasteiger partial charge in [0, 0.05) is 86.2 Å². The number of allylic oxidation sites excluding steroid dienone is 2. The summed E-state index contributed by atoms with van der Waals surface area (Å²) in [5, 5.41) is 267. The van der Waals surface area contributed by atoms with E-state index < -0.39 is 367 Å². The third-order valence-corrected chi connectivity index (χ3v) is 31.4. The van der Waals surface area contributed by atoms with Crippen molar-refractivity contribution < 1.29 is 198 Å². The van der Waals surface area contributed by atoms with Crippen LogP contribution in [0.1, 0.15) is 226 Å². The number of nitrogens with two attached hydrogens (primary N) is 4. The lowest BCUT2D eigenvalue weighted by Crippen LogP contribution is -2.68. The molecular formula is C99H178N4O40. The third kappa shape index (κ3) is 33.3. The summed E-state index contributed by atoms with van der Waals surface area (Å²) in [5.41, 5.74) is 24.6. The van der Waals surface area contributed by atoms with Gasteiger partial charge in [0.15, 0.2) is 49.8 Å². The van der Waals surface area contributed by atoms with Crippen LogP contribution in [0.3, 0.4) is 0 Å². The Morgan fingerprint density at radius 3 is 1.65 bits per heavy atom. The Morgan fingerprint density at radius 2 is 1.02 bits per heavy atom. The summed E-state index contributed by atoms with van der Waals surface area (Å²) in [6.45, 7) is 25.5. The number of esters is 1. The van der Waals surface area contributed by atoms with E-state index in [2.05, 4.69) is 0 Å². The molecule has 0 saturated carbocycles. The van der Waals surface area contributed by atoms with Crippen LogP contribution in [0.5, 0.6) is 0 Å². The highest BCUT2D eigenvalue weighted by molar-refractivity contribution is 5.73. The number of carbonyl (C=O) groups is 1. The number of fused-ring (bicyclic) bond motifs is 2. The van der Waals surface area contributed by atoms with Crippen molar-refractivity contribution >= 4 is 5.97 Å². The van der Waals surface area contributed by atoms with Crippen LogP contribution in [-0.2, 0) is 80.6 Å². The number of carbonyl (C=O) groups excluding carboxylic acids is 1. The maximum absolute atomic E-state index is 14.2. The van der Waals surface area contributed by atoms with Gasteiger partial charge in [0.25, 0.3) is 0 Å². The lowest BCUT2D eigenvalue weighted by atomic mass is 9.82. The second kappa shape index (κ2) is 55.7. The smallest absolute Gasteiger partial charge is 0.311 e. The van der Waals surface area contributed by atoms with Gasteiger partial charge in [-0.2, -0.15) is 0 Å². The molecule has 0 aromatic carbocycles. The number of aliphatic hydroxyl groups excluding tert-OH is 22. The molecule has 8 saturated heterocycles. The summed E-state index contributed by atoms with van der Waals surface area (Å²) in [7, 11) is 0. The summed E-state index contributed by atoms with van der Waals surface area (Å²) in [6, 6.07) is -3.05. The van der Waals surface area contributed by atoms with Crippen molar-refractivity contribution in [3.63, 3.8) is 0 Å². The molecule has 143 heavy (non-hydrogen) atoms. The molecule has 44 nitrogen and oxygen atoms in total. The van der Waals surface area contributed by atoms with Crippen LogP contribution >= 0.6 is 0 Å². The highest BCUT2D eigenvalue weighted by atomic mass is 16.8. The molecule has 44 heteroatoms. The van der Waals surface area contributed by atoms with Gasteiger partial charge in [-0.1, -0.05) is 97.8 Å². The zero-order chi connectivity index (χ0) is 106. The molecule has 8 fully saturated rings. The summed E-state index contributed by atoms with van der Waals surface area (Å²) in [4.78, 5) is 14.2. The molecule has 0 radical (unpaired) electrons. The van der Waals surface area contributed by atoms with Crippen molar-refractivity contribution in [3.8, 4) is 0 Å². The first-order chi connectivity index (χ1) is 67.0. The molecule has 9 aliphatic heterocycles. The Kier molecular flexibility index (Phi) is 48.1. The van der Waals surface area contributed by atoms with Crippen LogP contribution in [0.15, 0.2) is 36.5 Å². The molecule has 31 N–H and O–H groups in total. The van der Waals surface area contributed by atoms with E-state index in [0.29, 0.717) is 32.1 Å². The maximum atomic E-state index is 14.2. The van der Waals surface area contributed by atoms with Crippen molar-refractivity contribution in [3.05, 3.63) is 36.5 Å². The molecule has 0 aromatic rings. The van der Waals surface area contributed by atoms with E-state index in [9.17, 15) is 122 Å². The van der Waals surface area contributed by atoms with Gasteiger partial charge in [-0.05, 0) is 138 Å². The van der Waals surface area contributed by atoms with Crippen molar-refractivity contribution in [1.82, 2.24) is 0 Å². The molecular weight excluding hydrogens is 1890 g/mol. The second-order valence-corrected chi connectivity index (χ2v) is 43.3. The normalized spacial score (nSPS) is 48.0. The Morgan fingerprint density at radius 1 is 0.462 bits per heavy atom. The van der Waals surface area contributed by atoms with E-state index >= 15 is 0 Å². The van der Waals surface area contributed by atoms with Gasteiger partial charge in [0.05, 0.1) is 159 Å². The Balaban J connectivity index is 0.996. The molecule has 9 rings (SSSR count). The average molecular weight is 2060 g/mol.